The molecule has 0 spiro atoms. The quantitative estimate of drug-likeness (QED) is 0.183. The monoisotopic (exact) mass is 602 g/mol. The summed E-state index contributed by atoms with van der Waals surface area (Å²) < 4.78 is 41.9. The third-order valence-corrected chi connectivity index (χ3v) is 8.61. The van der Waals surface area contributed by atoms with Crippen LogP contribution >= 0.6 is 0 Å². The number of alkyl halides is 3. The van der Waals surface area contributed by atoms with Gasteiger partial charge in [0.05, 0.1) is 12.1 Å². The van der Waals surface area contributed by atoms with E-state index in [1.807, 2.05) is 46.7 Å². The number of terminal acetylenes is 1. The number of nitrogens with one attached hydrogen (secondary N) is 1. The molecular weight excluding hydrogens is 569 g/mol. The number of carboxylic acid groups (broad SMARTS) is 1. The Morgan fingerprint density at radius 2 is 1.80 bits per heavy atom. The van der Waals surface area contributed by atoms with E-state index in [0.29, 0.717) is 41.2 Å². The van der Waals surface area contributed by atoms with Crippen LogP contribution in [0.2, 0.25) is 0 Å². The first-order valence-corrected chi connectivity index (χ1v) is 14.8. The molecule has 2 unspecified atom stereocenters. The lowest BCUT2D eigenvalue weighted by molar-refractivity contribution is -0.137. The molecule has 0 amide bonds. The van der Waals surface area contributed by atoms with Gasteiger partial charge in [-0.3, -0.25) is 0 Å². The van der Waals surface area contributed by atoms with Gasteiger partial charge in [0, 0.05) is 12.6 Å². The van der Waals surface area contributed by atoms with Crippen molar-refractivity contribution >= 4 is 28.9 Å². The Hall–Kier alpha value is -4.59. The van der Waals surface area contributed by atoms with Gasteiger partial charge in [-0.2, -0.15) is 18.2 Å². The maximum atomic E-state index is 13.4. The number of hydrogen-bond acceptors (Lipinski definition) is 6. The average Bonchev–Trinajstić information content (AvgIpc) is 3.71. The zero-order chi connectivity index (χ0) is 31.0. The number of rotatable bonds is 11. The maximum absolute atomic E-state index is 13.4. The van der Waals surface area contributed by atoms with E-state index < -0.39 is 29.6 Å². The van der Waals surface area contributed by atoms with Crippen molar-refractivity contribution < 1.29 is 23.1 Å². The van der Waals surface area contributed by atoms with E-state index in [1.54, 1.807) is 0 Å². The highest BCUT2D eigenvalue weighted by Gasteiger charge is 2.34. The fourth-order valence-electron chi connectivity index (χ4n) is 5.73. The summed E-state index contributed by atoms with van der Waals surface area (Å²) in [5, 5.41) is 13.3. The summed E-state index contributed by atoms with van der Waals surface area (Å²) in [7, 11) is 0. The molecule has 44 heavy (non-hydrogen) atoms. The van der Waals surface area contributed by atoms with E-state index in [-0.39, 0.29) is 18.2 Å². The predicted octanol–water partition coefficient (Wildman–Crippen LogP) is 6.78. The van der Waals surface area contributed by atoms with Crippen molar-refractivity contribution in [3.8, 4) is 12.3 Å². The number of carboxylic acids is 1. The zero-order valence-electron chi connectivity index (χ0n) is 24.3. The molecule has 4 aromatic rings. The number of carbonyl (C=O) groups is 1. The SMILES string of the molecule is C#CC(c1ccccc1)N(CC1CC1)c1nc2nc(C(=O)O)nc(NC(C)C3CCC3)c2n1Cc1ccc(C(F)(F)F)cc1. The fraction of sp³-hybridized carbons (Fsp3) is 0.394. The highest BCUT2D eigenvalue weighted by atomic mass is 19.4. The van der Waals surface area contributed by atoms with Crippen molar-refractivity contribution in [3.05, 3.63) is 77.1 Å². The molecule has 2 saturated carbocycles. The number of benzene rings is 2. The summed E-state index contributed by atoms with van der Waals surface area (Å²) in [6, 6.07) is 14.1. The number of aromatic carboxylic acids is 1. The van der Waals surface area contributed by atoms with Crippen LogP contribution in [0.3, 0.4) is 0 Å². The maximum Gasteiger partial charge on any atom is 0.416 e. The van der Waals surface area contributed by atoms with Gasteiger partial charge >= 0.3 is 12.1 Å². The number of imidazole rings is 1. The van der Waals surface area contributed by atoms with Crippen LogP contribution in [-0.4, -0.2) is 43.2 Å². The first-order chi connectivity index (χ1) is 21.1. The highest BCUT2D eigenvalue weighted by Crippen LogP contribution is 2.39. The highest BCUT2D eigenvalue weighted by molar-refractivity contribution is 5.92. The van der Waals surface area contributed by atoms with Gasteiger partial charge in [0.15, 0.2) is 11.5 Å². The Balaban J connectivity index is 1.54. The van der Waals surface area contributed by atoms with Gasteiger partial charge in [-0.05, 0) is 67.7 Å². The zero-order valence-corrected chi connectivity index (χ0v) is 24.3. The van der Waals surface area contributed by atoms with E-state index in [9.17, 15) is 23.1 Å². The Bertz CT molecular complexity index is 1690. The van der Waals surface area contributed by atoms with Crippen LogP contribution in [0.5, 0.6) is 0 Å². The number of nitrogens with zero attached hydrogens (tertiary/aromatic N) is 5. The van der Waals surface area contributed by atoms with Crippen molar-refractivity contribution in [1.82, 2.24) is 19.5 Å². The number of anilines is 2. The lowest BCUT2D eigenvalue weighted by Gasteiger charge is -2.32. The number of halogens is 3. The van der Waals surface area contributed by atoms with Crippen LogP contribution in [-0.2, 0) is 12.7 Å². The molecule has 2 heterocycles. The van der Waals surface area contributed by atoms with Crippen LogP contribution in [0.1, 0.15) is 72.4 Å². The molecule has 2 aliphatic rings. The minimum atomic E-state index is -4.46. The number of aromatic nitrogens is 4. The second-order valence-corrected chi connectivity index (χ2v) is 11.8. The average molecular weight is 603 g/mol. The molecule has 2 N–H and O–H groups in total. The molecule has 2 fully saturated rings. The lowest BCUT2D eigenvalue weighted by atomic mass is 9.80. The van der Waals surface area contributed by atoms with Gasteiger partial charge in [0.2, 0.25) is 11.8 Å². The summed E-state index contributed by atoms with van der Waals surface area (Å²) in [6.45, 7) is 2.78. The van der Waals surface area contributed by atoms with Crippen LogP contribution in [0.15, 0.2) is 54.6 Å². The molecule has 0 bridgehead atoms. The van der Waals surface area contributed by atoms with Crippen LogP contribution in [0.25, 0.3) is 11.2 Å². The smallest absolute Gasteiger partial charge is 0.416 e. The summed E-state index contributed by atoms with van der Waals surface area (Å²) in [5.41, 5.74) is 1.39. The molecule has 2 aromatic heterocycles. The van der Waals surface area contributed by atoms with E-state index in [0.717, 1.165) is 49.8 Å². The Morgan fingerprint density at radius 1 is 1.09 bits per heavy atom. The standard InChI is InChI=1S/C33H33F3N6O2/c1-3-26(24-8-5-4-6-9-24)41(18-21-12-13-21)32-40-29-27(42(32)19-22-14-16-25(17-15-22)33(34,35)36)28(38-30(39-29)31(43)44)37-20(2)23-10-7-11-23/h1,4-6,8-9,14-17,20-21,23,26H,7,10-13,18-19H2,2H3,(H,43,44)(H,37,38,39). The van der Waals surface area contributed by atoms with Crippen molar-refractivity contribution in [2.75, 3.05) is 16.8 Å². The largest absolute Gasteiger partial charge is 0.475 e. The third kappa shape index (κ3) is 6.07. The fourth-order valence-corrected chi connectivity index (χ4v) is 5.73. The van der Waals surface area contributed by atoms with Gasteiger partial charge in [-0.1, -0.05) is 54.8 Å². The summed E-state index contributed by atoms with van der Waals surface area (Å²) in [5.74, 6) is 2.82. The molecule has 8 nitrogen and oxygen atoms in total. The second-order valence-electron chi connectivity index (χ2n) is 11.8. The minimum Gasteiger partial charge on any atom is -0.475 e. The first kappa shape index (κ1) is 29.5. The van der Waals surface area contributed by atoms with Crippen LogP contribution in [0.4, 0.5) is 24.9 Å². The molecule has 2 atom stereocenters. The van der Waals surface area contributed by atoms with Gasteiger partial charge in [-0.25, -0.2) is 14.8 Å². The molecule has 11 heteroatoms. The van der Waals surface area contributed by atoms with E-state index in [2.05, 4.69) is 21.2 Å². The molecule has 0 saturated heterocycles. The van der Waals surface area contributed by atoms with E-state index in [1.165, 1.54) is 12.1 Å². The Labute approximate surface area is 253 Å². The molecule has 2 aromatic carbocycles. The molecule has 2 aliphatic carbocycles. The second kappa shape index (κ2) is 11.8. The van der Waals surface area contributed by atoms with Gasteiger partial charge in [0.25, 0.3) is 0 Å². The third-order valence-electron chi connectivity index (χ3n) is 8.61. The number of fused-ring (bicyclic) bond motifs is 1. The van der Waals surface area contributed by atoms with Gasteiger partial charge in [-0.15, -0.1) is 6.42 Å². The van der Waals surface area contributed by atoms with Crippen molar-refractivity contribution in [2.45, 2.75) is 63.8 Å². The molecule has 6 rings (SSSR count). The minimum absolute atomic E-state index is 0.00621. The van der Waals surface area contributed by atoms with Crippen molar-refractivity contribution in [1.29, 1.82) is 0 Å². The molecule has 228 valence electrons. The normalized spacial score (nSPS) is 16.6. The van der Waals surface area contributed by atoms with Crippen molar-refractivity contribution in [3.63, 3.8) is 0 Å². The predicted molar refractivity (Wildman–Crippen MR) is 161 cm³/mol. The number of hydrogen-bond donors (Lipinski definition) is 2. The van der Waals surface area contributed by atoms with Crippen LogP contribution < -0.4 is 10.2 Å². The molecule has 0 radical (unpaired) electrons. The van der Waals surface area contributed by atoms with Gasteiger partial charge in [0.1, 0.15) is 11.6 Å². The molecule has 0 aliphatic heterocycles. The van der Waals surface area contributed by atoms with E-state index in [4.69, 9.17) is 11.4 Å². The van der Waals surface area contributed by atoms with Crippen LogP contribution in [0, 0.1) is 24.2 Å². The lowest BCUT2D eigenvalue weighted by Crippen LogP contribution is -2.33. The first-order valence-electron chi connectivity index (χ1n) is 14.8. The van der Waals surface area contributed by atoms with Gasteiger partial charge < -0.3 is 19.9 Å². The Morgan fingerprint density at radius 3 is 2.36 bits per heavy atom. The van der Waals surface area contributed by atoms with E-state index >= 15 is 0 Å². The summed E-state index contributed by atoms with van der Waals surface area (Å²) in [4.78, 5) is 27.7. The van der Waals surface area contributed by atoms with Crippen molar-refractivity contribution in [2.24, 2.45) is 11.8 Å². The topological polar surface area (TPSA) is 96.2 Å². The molecular formula is C33H33F3N6O2. The summed E-state index contributed by atoms with van der Waals surface area (Å²) >= 11 is 0. The Kier molecular flexibility index (Phi) is 7.93. The summed E-state index contributed by atoms with van der Waals surface area (Å²) in [6.07, 6.45) is 7.02.